The predicted octanol–water partition coefficient (Wildman–Crippen LogP) is 2.01. The van der Waals surface area contributed by atoms with Crippen LogP contribution in [0.1, 0.15) is 29.8 Å². The summed E-state index contributed by atoms with van der Waals surface area (Å²) in [5.41, 5.74) is 1.73. The third kappa shape index (κ3) is 2.68. The van der Waals surface area contributed by atoms with E-state index in [1.807, 2.05) is 32.0 Å². The predicted molar refractivity (Wildman–Crippen MR) is 65.1 cm³/mol. The van der Waals surface area contributed by atoms with E-state index < -0.39 is 0 Å². The third-order valence-electron chi connectivity index (χ3n) is 2.62. The Labute approximate surface area is 105 Å². The molecule has 2 rings (SSSR count). The molecule has 0 radical (unpaired) electrons. The van der Waals surface area contributed by atoms with E-state index >= 15 is 0 Å². The molecule has 18 heavy (non-hydrogen) atoms. The fourth-order valence-corrected chi connectivity index (χ4v) is 1.67. The lowest BCUT2D eigenvalue weighted by Crippen LogP contribution is -2.02. The minimum Gasteiger partial charge on any atom is -0.485 e. The van der Waals surface area contributed by atoms with Gasteiger partial charge in [0.25, 0.3) is 0 Å². The number of aryl methyl sites for hydroxylation is 2. The number of hydrogen-bond donors (Lipinski definition) is 1. The van der Waals surface area contributed by atoms with E-state index in [0.717, 1.165) is 11.1 Å². The van der Waals surface area contributed by atoms with Crippen molar-refractivity contribution in [1.29, 1.82) is 0 Å². The summed E-state index contributed by atoms with van der Waals surface area (Å²) >= 11 is 0. The van der Waals surface area contributed by atoms with E-state index in [0.29, 0.717) is 23.9 Å². The van der Waals surface area contributed by atoms with E-state index in [4.69, 9.17) is 9.26 Å². The number of ether oxygens (including phenoxy) is 1. The van der Waals surface area contributed by atoms with Gasteiger partial charge >= 0.3 is 0 Å². The maximum Gasteiger partial charge on any atom is 0.226 e. The molecule has 1 heterocycles. The van der Waals surface area contributed by atoms with Gasteiger partial charge < -0.3 is 14.4 Å². The summed E-state index contributed by atoms with van der Waals surface area (Å²) in [6.45, 7) is 4.07. The standard InChI is InChI=1S/C13H16N2O3/c1-3-12-14-11(15-18-12)8-17-13-9(2)5-4-6-10(13)7-16/h4-6,16H,3,7-8H2,1-2H3. The van der Waals surface area contributed by atoms with Crippen molar-refractivity contribution in [2.45, 2.75) is 33.5 Å². The number of aliphatic hydroxyl groups is 1. The zero-order valence-corrected chi connectivity index (χ0v) is 10.5. The van der Waals surface area contributed by atoms with Gasteiger partial charge in [0.05, 0.1) is 6.61 Å². The van der Waals surface area contributed by atoms with Crippen molar-refractivity contribution < 1.29 is 14.4 Å². The maximum absolute atomic E-state index is 9.25. The Morgan fingerprint density at radius 1 is 1.39 bits per heavy atom. The molecule has 0 saturated heterocycles. The lowest BCUT2D eigenvalue weighted by Gasteiger charge is -2.11. The molecule has 96 valence electrons. The van der Waals surface area contributed by atoms with Gasteiger partial charge in [-0.25, -0.2) is 0 Å². The van der Waals surface area contributed by atoms with Crippen molar-refractivity contribution in [3.8, 4) is 5.75 Å². The molecule has 0 aliphatic rings. The van der Waals surface area contributed by atoms with E-state index in [2.05, 4.69) is 10.1 Å². The summed E-state index contributed by atoms with van der Waals surface area (Å²) in [6, 6.07) is 5.65. The summed E-state index contributed by atoms with van der Waals surface area (Å²) in [7, 11) is 0. The Bertz CT molecular complexity index is 523. The highest BCUT2D eigenvalue weighted by Gasteiger charge is 2.09. The summed E-state index contributed by atoms with van der Waals surface area (Å²) in [5, 5.41) is 13.1. The second-order valence-corrected chi connectivity index (χ2v) is 3.97. The minimum absolute atomic E-state index is 0.0521. The molecule has 0 bridgehead atoms. The van der Waals surface area contributed by atoms with Gasteiger partial charge in [-0.1, -0.05) is 30.3 Å². The van der Waals surface area contributed by atoms with Crippen LogP contribution in [0.2, 0.25) is 0 Å². The number of aliphatic hydroxyl groups excluding tert-OH is 1. The largest absolute Gasteiger partial charge is 0.485 e. The number of rotatable bonds is 5. The zero-order chi connectivity index (χ0) is 13.0. The first kappa shape index (κ1) is 12.6. The highest BCUT2D eigenvalue weighted by atomic mass is 16.5. The van der Waals surface area contributed by atoms with Crippen LogP contribution in [0.4, 0.5) is 0 Å². The number of benzene rings is 1. The summed E-state index contributed by atoms with van der Waals surface area (Å²) in [6.07, 6.45) is 0.708. The first-order chi connectivity index (χ1) is 8.74. The van der Waals surface area contributed by atoms with Gasteiger partial charge in [-0.3, -0.25) is 0 Å². The fourth-order valence-electron chi connectivity index (χ4n) is 1.67. The second kappa shape index (κ2) is 5.64. The Kier molecular flexibility index (Phi) is 3.94. The Morgan fingerprint density at radius 3 is 2.89 bits per heavy atom. The van der Waals surface area contributed by atoms with Gasteiger partial charge in [-0.15, -0.1) is 0 Å². The monoisotopic (exact) mass is 248 g/mol. The molecular formula is C13H16N2O3. The molecule has 5 nitrogen and oxygen atoms in total. The van der Waals surface area contributed by atoms with Crippen molar-refractivity contribution in [3.63, 3.8) is 0 Å². The molecule has 0 amide bonds. The summed E-state index contributed by atoms with van der Waals surface area (Å²) in [5.74, 6) is 1.79. The Morgan fingerprint density at radius 2 is 2.22 bits per heavy atom. The second-order valence-electron chi connectivity index (χ2n) is 3.97. The molecule has 1 N–H and O–H groups in total. The molecule has 0 atom stereocenters. The molecule has 0 fully saturated rings. The lowest BCUT2D eigenvalue weighted by molar-refractivity contribution is 0.251. The van der Waals surface area contributed by atoms with Crippen LogP contribution >= 0.6 is 0 Å². The molecule has 0 spiro atoms. The van der Waals surface area contributed by atoms with Crippen molar-refractivity contribution in [3.05, 3.63) is 41.0 Å². The third-order valence-corrected chi connectivity index (χ3v) is 2.62. The van der Waals surface area contributed by atoms with E-state index in [1.54, 1.807) is 0 Å². The van der Waals surface area contributed by atoms with Crippen LogP contribution < -0.4 is 4.74 Å². The van der Waals surface area contributed by atoms with Crippen LogP contribution in [0.3, 0.4) is 0 Å². The van der Waals surface area contributed by atoms with Gasteiger partial charge in [0.15, 0.2) is 6.61 Å². The fraction of sp³-hybridized carbons (Fsp3) is 0.385. The van der Waals surface area contributed by atoms with Crippen LogP contribution in [0.5, 0.6) is 5.75 Å². The molecule has 0 aliphatic heterocycles. The number of aromatic nitrogens is 2. The SMILES string of the molecule is CCc1nc(COc2c(C)cccc2CO)no1. The topological polar surface area (TPSA) is 68.4 Å². The quantitative estimate of drug-likeness (QED) is 0.876. The summed E-state index contributed by atoms with van der Waals surface area (Å²) < 4.78 is 10.7. The Hall–Kier alpha value is -1.88. The van der Waals surface area contributed by atoms with Crippen LogP contribution in [0.25, 0.3) is 0 Å². The molecule has 2 aromatic rings. The lowest BCUT2D eigenvalue weighted by atomic mass is 10.1. The van der Waals surface area contributed by atoms with Crippen LogP contribution in [0, 0.1) is 6.92 Å². The van der Waals surface area contributed by atoms with Crippen molar-refractivity contribution in [2.75, 3.05) is 0 Å². The molecule has 0 unspecified atom stereocenters. The first-order valence-corrected chi connectivity index (χ1v) is 5.88. The van der Waals surface area contributed by atoms with Gasteiger partial charge in [-0.2, -0.15) is 4.98 Å². The first-order valence-electron chi connectivity index (χ1n) is 5.88. The maximum atomic E-state index is 9.25. The minimum atomic E-state index is -0.0521. The van der Waals surface area contributed by atoms with E-state index in [1.165, 1.54) is 0 Å². The molecular weight excluding hydrogens is 232 g/mol. The van der Waals surface area contributed by atoms with E-state index in [9.17, 15) is 5.11 Å². The zero-order valence-electron chi connectivity index (χ0n) is 10.5. The highest BCUT2D eigenvalue weighted by molar-refractivity contribution is 5.40. The van der Waals surface area contributed by atoms with Gasteiger partial charge in [0, 0.05) is 12.0 Å². The van der Waals surface area contributed by atoms with Crippen molar-refractivity contribution >= 4 is 0 Å². The van der Waals surface area contributed by atoms with E-state index in [-0.39, 0.29) is 13.2 Å². The number of nitrogens with zero attached hydrogens (tertiary/aromatic N) is 2. The van der Waals surface area contributed by atoms with Crippen LogP contribution in [-0.4, -0.2) is 15.2 Å². The Balaban J connectivity index is 2.10. The highest BCUT2D eigenvalue weighted by Crippen LogP contribution is 2.24. The van der Waals surface area contributed by atoms with Crippen LogP contribution in [0.15, 0.2) is 22.7 Å². The molecule has 1 aromatic heterocycles. The molecule has 0 saturated carbocycles. The number of para-hydroxylation sites is 1. The smallest absolute Gasteiger partial charge is 0.226 e. The van der Waals surface area contributed by atoms with Crippen molar-refractivity contribution in [1.82, 2.24) is 10.1 Å². The van der Waals surface area contributed by atoms with Gasteiger partial charge in [0.2, 0.25) is 11.7 Å². The van der Waals surface area contributed by atoms with Crippen LogP contribution in [-0.2, 0) is 19.6 Å². The van der Waals surface area contributed by atoms with Gasteiger partial charge in [-0.05, 0) is 12.5 Å². The van der Waals surface area contributed by atoms with Gasteiger partial charge in [0.1, 0.15) is 5.75 Å². The molecule has 1 aromatic carbocycles. The average molecular weight is 248 g/mol. The number of hydrogen-bond acceptors (Lipinski definition) is 5. The molecule has 0 aliphatic carbocycles. The average Bonchev–Trinajstić information content (AvgIpc) is 2.85. The normalized spacial score (nSPS) is 10.6. The molecule has 5 heteroatoms. The van der Waals surface area contributed by atoms with Crippen molar-refractivity contribution in [2.24, 2.45) is 0 Å². The summed E-state index contributed by atoms with van der Waals surface area (Å²) in [4.78, 5) is 4.16.